The first kappa shape index (κ1) is 17.5. The first-order chi connectivity index (χ1) is 12.6. The van der Waals surface area contributed by atoms with Gasteiger partial charge in [0.1, 0.15) is 18.1 Å². The minimum atomic E-state index is -0.379. The van der Waals surface area contributed by atoms with Crippen molar-refractivity contribution in [3.8, 4) is 5.75 Å². The highest BCUT2D eigenvalue weighted by Crippen LogP contribution is 2.16. The van der Waals surface area contributed by atoms with Crippen LogP contribution in [0.2, 0.25) is 0 Å². The maximum atomic E-state index is 12.3. The number of aromatic nitrogens is 2. The van der Waals surface area contributed by atoms with Gasteiger partial charge in [0, 0.05) is 5.56 Å². The van der Waals surface area contributed by atoms with Crippen molar-refractivity contribution >= 4 is 22.9 Å². The summed E-state index contributed by atoms with van der Waals surface area (Å²) in [6, 6.07) is 14.3. The van der Waals surface area contributed by atoms with Crippen molar-refractivity contribution in [3.63, 3.8) is 0 Å². The van der Waals surface area contributed by atoms with Crippen LogP contribution in [0.5, 0.6) is 5.75 Å². The van der Waals surface area contributed by atoms with E-state index in [0.29, 0.717) is 17.1 Å². The second-order valence-corrected chi connectivity index (χ2v) is 5.59. The number of nitrogens with one attached hydrogen (secondary N) is 1. The molecule has 0 atom stereocenters. The van der Waals surface area contributed by atoms with E-state index in [2.05, 4.69) is 10.3 Å². The largest absolute Gasteiger partial charge is 0.497 e. The number of carbonyl (C=O) groups is 2. The zero-order valence-electron chi connectivity index (χ0n) is 14.6. The van der Waals surface area contributed by atoms with Crippen molar-refractivity contribution in [3.05, 3.63) is 59.9 Å². The maximum Gasteiger partial charge on any atom is 0.325 e. The Labute approximate surface area is 150 Å². The van der Waals surface area contributed by atoms with E-state index in [0.717, 1.165) is 11.0 Å². The molecular weight excluding hydrogens is 334 g/mol. The Morgan fingerprint density at radius 1 is 1.08 bits per heavy atom. The summed E-state index contributed by atoms with van der Waals surface area (Å²) < 4.78 is 11.6. The number of benzene rings is 2. The number of imidazole rings is 1. The van der Waals surface area contributed by atoms with Crippen LogP contribution in [0.15, 0.2) is 48.5 Å². The fraction of sp³-hybridized carbons (Fsp3) is 0.211. The first-order valence-electron chi connectivity index (χ1n) is 8.05. The van der Waals surface area contributed by atoms with E-state index in [-0.39, 0.29) is 25.0 Å². The van der Waals surface area contributed by atoms with Crippen LogP contribution in [0.1, 0.15) is 16.2 Å². The van der Waals surface area contributed by atoms with Crippen molar-refractivity contribution in [1.29, 1.82) is 0 Å². The Hall–Kier alpha value is -3.35. The van der Waals surface area contributed by atoms with Gasteiger partial charge < -0.3 is 19.4 Å². The molecule has 0 saturated heterocycles. The lowest BCUT2D eigenvalue weighted by Gasteiger charge is -2.09. The Kier molecular flexibility index (Phi) is 5.17. The molecule has 0 unspecified atom stereocenters. The molecule has 0 saturated carbocycles. The number of rotatable bonds is 6. The van der Waals surface area contributed by atoms with E-state index >= 15 is 0 Å². The second kappa shape index (κ2) is 7.69. The van der Waals surface area contributed by atoms with Crippen LogP contribution >= 0.6 is 0 Å². The third-order valence-corrected chi connectivity index (χ3v) is 4.01. The van der Waals surface area contributed by atoms with Gasteiger partial charge in [0.05, 0.1) is 31.8 Å². The third-order valence-electron chi connectivity index (χ3n) is 4.01. The molecule has 0 aliphatic heterocycles. The van der Waals surface area contributed by atoms with Gasteiger partial charge in [-0.15, -0.1) is 0 Å². The number of hydrogen-bond donors (Lipinski definition) is 1. The summed E-state index contributed by atoms with van der Waals surface area (Å²) in [6.45, 7) is 0.224. The van der Waals surface area contributed by atoms with Crippen molar-refractivity contribution in [1.82, 2.24) is 14.9 Å². The number of para-hydroxylation sites is 2. The van der Waals surface area contributed by atoms with Crippen LogP contribution in [0.4, 0.5) is 0 Å². The van der Waals surface area contributed by atoms with Gasteiger partial charge in [0.25, 0.3) is 5.91 Å². The number of fused-ring (bicyclic) bond motifs is 1. The lowest BCUT2D eigenvalue weighted by atomic mass is 10.2. The van der Waals surface area contributed by atoms with Crippen molar-refractivity contribution in [2.24, 2.45) is 0 Å². The fourth-order valence-corrected chi connectivity index (χ4v) is 2.63. The molecule has 2 aromatic carbocycles. The highest BCUT2D eigenvalue weighted by molar-refractivity contribution is 5.94. The first-order valence-corrected chi connectivity index (χ1v) is 8.05. The van der Waals surface area contributed by atoms with Crippen LogP contribution in [0, 0.1) is 0 Å². The van der Waals surface area contributed by atoms with Gasteiger partial charge in [0.15, 0.2) is 0 Å². The van der Waals surface area contributed by atoms with Gasteiger partial charge >= 0.3 is 5.97 Å². The van der Waals surface area contributed by atoms with Crippen molar-refractivity contribution in [2.45, 2.75) is 13.1 Å². The third kappa shape index (κ3) is 3.66. The number of hydrogen-bond acceptors (Lipinski definition) is 5. The SMILES string of the molecule is COC(=O)Cn1c(CNC(=O)c2ccc(OC)cc2)nc2ccccc21. The molecule has 3 aromatic rings. The molecule has 0 aliphatic rings. The summed E-state index contributed by atoms with van der Waals surface area (Å²) >= 11 is 0. The van der Waals surface area contributed by atoms with Gasteiger partial charge in [0.2, 0.25) is 0 Å². The average molecular weight is 353 g/mol. The molecule has 0 radical (unpaired) electrons. The summed E-state index contributed by atoms with van der Waals surface area (Å²) in [7, 11) is 2.91. The van der Waals surface area contributed by atoms with Crippen LogP contribution < -0.4 is 10.1 Å². The minimum Gasteiger partial charge on any atom is -0.497 e. The Balaban J connectivity index is 1.80. The number of esters is 1. The summed E-state index contributed by atoms with van der Waals surface area (Å²) in [5, 5.41) is 2.83. The van der Waals surface area contributed by atoms with E-state index in [9.17, 15) is 9.59 Å². The summed E-state index contributed by atoms with van der Waals surface area (Å²) in [5.74, 6) is 0.653. The normalized spacial score (nSPS) is 10.5. The molecule has 1 heterocycles. The molecule has 1 N–H and O–H groups in total. The highest BCUT2D eigenvalue weighted by Gasteiger charge is 2.15. The topological polar surface area (TPSA) is 82.5 Å². The Bertz CT molecular complexity index is 932. The molecule has 26 heavy (non-hydrogen) atoms. The van der Waals surface area contributed by atoms with E-state index in [1.807, 2.05) is 24.3 Å². The monoisotopic (exact) mass is 353 g/mol. The van der Waals surface area contributed by atoms with Crippen molar-refractivity contribution < 1.29 is 19.1 Å². The molecule has 134 valence electrons. The average Bonchev–Trinajstić information content (AvgIpc) is 3.03. The molecule has 0 spiro atoms. The minimum absolute atomic E-state index is 0.0325. The highest BCUT2D eigenvalue weighted by atomic mass is 16.5. The summed E-state index contributed by atoms with van der Waals surface area (Å²) in [5.41, 5.74) is 2.08. The van der Waals surface area contributed by atoms with Gasteiger partial charge in [-0.3, -0.25) is 9.59 Å². The molecule has 0 bridgehead atoms. The number of methoxy groups -OCH3 is 2. The number of nitrogens with zero attached hydrogens (tertiary/aromatic N) is 2. The van der Waals surface area contributed by atoms with Crippen LogP contribution in [-0.4, -0.2) is 35.6 Å². The van der Waals surface area contributed by atoms with Gasteiger partial charge in [-0.05, 0) is 36.4 Å². The lowest BCUT2D eigenvalue weighted by Crippen LogP contribution is -2.25. The molecule has 3 rings (SSSR count). The summed E-state index contributed by atoms with van der Waals surface area (Å²) in [6.07, 6.45) is 0. The Morgan fingerprint density at radius 3 is 2.50 bits per heavy atom. The molecule has 7 nitrogen and oxygen atoms in total. The standard InChI is InChI=1S/C19H19N3O4/c1-25-14-9-7-13(8-10-14)19(24)20-11-17-21-15-5-3-4-6-16(15)22(17)12-18(23)26-2/h3-10H,11-12H2,1-2H3,(H,20,24). The van der Waals surface area contributed by atoms with E-state index in [1.54, 1.807) is 35.9 Å². The number of amides is 1. The van der Waals surface area contributed by atoms with Crippen LogP contribution in [0.3, 0.4) is 0 Å². The smallest absolute Gasteiger partial charge is 0.325 e. The molecule has 0 fully saturated rings. The van der Waals surface area contributed by atoms with Gasteiger partial charge in [-0.2, -0.15) is 0 Å². The Morgan fingerprint density at radius 2 is 1.81 bits per heavy atom. The second-order valence-electron chi connectivity index (χ2n) is 5.59. The van der Waals surface area contributed by atoms with E-state index < -0.39 is 0 Å². The lowest BCUT2D eigenvalue weighted by molar-refractivity contribution is -0.141. The van der Waals surface area contributed by atoms with Gasteiger partial charge in [-0.1, -0.05) is 12.1 Å². The van der Waals surface area contributed by atoms with E-state index in [1.165, 1.54) is 7.11 Å². The molecule has 1 amide bonds. The quantitative estimate of drug-likeness (QED) is 0.687. The van der Waals surface area contributed by atoms with E-state index in [4.69, 9.17) is 9.47 Å². The molecule has 1 aromatic heterocycles. The number of carbonyl (C=O) groups excluding carboxylic acids is 2. The predicted molar refractivity (Wildman–Crippen MR) is 95.9 cm³/mol. The zero-order chi connectivity index (χ0) is 18.5. The van der Waals surface area contributed by atoms with Crippen LogP contribution in [-0.2, 0) is 22.6 Å². The fourth-order valence-electron chi connectivity index (χ4n) is 2.63. The molecule has 7 heteroatoms. The van der Waals surface area contributed by atoms with Crippen LogP contribution in [0.25, 0.3) is 11.0 Å². The number of ether oxygens (including phenoxy) is 2. The maximum absolute atomic E-state index is 12.3. The summed E-state index contributed by atoms with van der Waals surface area (Å²) in [4.78, 5) is 28.6. The molecule has 0 aliphatic carbocycles. The van der Waals surface area contributed by atoms with Crippen molar-refractivity contribution in [2.75, 3.05) is 14.2 Å². The van der Waals surface area contributed by atoms with Gasteiger partial charge in [-0.25, -0.2) is 4.98 Å². The zero-order valence-corrected chi connectivity index (χ0v) is 14.6. The predicted octanol–water partition coefficient (Wildman–Crippen LogP) is 2.15. The molecular formula is C19H19N3O4.